The highest BCUT2D eigenvalue weighted by molar-refractivity contribution is 5.80. The van der Waals surface area contributed by atoms with E-state index in [4.69, 9.17) is 8.94 Å². The lowest BCUT2D eigenvalue weighted by Gasteiger charge is -2.08. The molecule has 0 fully saturated rings. The Kier molecular flexibility index (Phi) is 3.57. The summed E-state index contributed by atoms with van der Waals surface area (Å²) in [5.74, 6) is -0.161. The zero-order chi connectivity index (χ0) is 17.4. The first-order chi connectivity index (χ1) is 12.1. The van der Waals surface area contributed by atoms with Gasteiger partial charge in [-0.15, -0.1) is 0 Å². The fraction of sp³-hybridized carbons (Fsp3) is 0.105. The van der Waals surface area contributed by atoms with Crippen molar-refractivity contribution in [1.29, 1.82) is 0 Å². The lowest BCUT2D eigenvalue weighted by Crippen LogP contribution is -2.17. The van der Waals surface area contributed by atoms with E-state index in [0.29, 0.717) is 17.0 Å². The van der Waals surface area contributed by atoms with E-state index < -0.39 is 11.4 Å². The van der Waals surface area contributed by atoms with Crippen molar-refractivity contribution >= 4 is 11.0 Å². The molecule has 0 spiro atoms. The summed E-state index contributed by atoms with van der Waals surface area (Å²) in [6.45, 7) is 2.09. The predicted octanol–water partition coefficient (Wildman–Crippen LogP) is 2.97. The molecule has 2 aromatic carbocycles. The van der Waals surface area contributed by atoms with Crippen molar-refractivity contribution in [1.82, 2.24) is 9.72 Å². The van der Waals surface area contributed by atoms with Crippen LogP contribution in [0.5, 0.6) is 0 Å². The van der Waals surface area contributed by atoms with Gasteiger partial charge in [0.1, 0.15) is 5.58 Å². The monoisotopic (exact) mass is 334 g/mol. The molecular formula is C19H14N2O4. The lowest BCUT2D eigenvalue weighted by atomic mass is 10.1. The van der Waals surface area contributed by atoms with E-state index >= 15 is 0 Å². The number of benzene rings is 2. The topological polar surface area (TPSA) is 78.2 Å². The third-order valence-corrected chi connectivity index (χ3v) is 4.03. The summed E-state index contributed by atoms with van der Waals surface area (Å²) >= 11 is 0. The summed E-state index contributed by atoms with van der Waals surface area (Å²) in [4.78, 5) is 24.0. The molecule has 6 heteroatoms. The molecule has 6 nitrogen and oxygen atoms in total. The summed E-state index contributed by atoms with van der Waals surface area (Å²) in [7, 11) is 0. The smallest absolute Gasteiger partial charge is 0.423 e. The highest BCUT2D eigenvalue weighted by Crippen LogP contribution is 2.21. The second-order valence-corrected chi connectivity index (χ2v) is 5.81. The van der Waals surface area contributed by atoms with Crippen LogP contribution in [-0.2, 0) is 6.54 Å². The van der Waals surface area contributed by atoms with Gasteiger partial charge in [0.15, 0.2) is 5.82 Å². The van der Waals surface area contributed by atoms with E-state index in [-0.39, 0.29) is 6.54 Å². The molecule has 124 valence electrons. The van der Waals surface area contributed by atoms with E-state index in [9.17, 15) is 9.59 Å². The lowest BCUT2D eigenvalue weighted by molar-refractivity contribution is 0.378. The van der Waals surface area contributed by atoms with E-state index in [0.717, 1.165) is 16.5 Å². The van der Waals surface area contributed by atoms with Crippen molar-refractivity contribution in [3.05, 3.63) is 86.7 Å². The molecule has 0 amide bonds. The Bertz CT molecular complexity index is 1170. The summed E-state index contributed by atoms with van der Waals surface area (Å²) in [5, 5.41) is 4.65. The van der Waals surface area contributed by atoms with Gasteiger partial charge in [0, 0.05) is 17.0 Å². The highest BCUT2D eigenvalue weighted by Gasteiger charge is 2.15. The summed E-state index contributed by atoms with van der Waals surface area (Å²) < 4.78 is 11.5. The molecule has 0 unspecified atom stereocenters. The molecule has 4 rings (SSSR count). The molecule has 2 heterocycles. The van der Waals surface area contributed by atoms with Crippen molar-refractivity contribution < 1.29 is 8.94 Å². The van der Waals surface area contributed by atoms with E-state index in [1.165, 1.54) is 10.6 Å². The Hall–Kier alpha value is -3.41. The van der Waals surface area contributed by atoms with Crippen LogP contribution in [0.1, 0.15) is 11.1 Å². The van der Waals surface area contributed by atoms with Crippen LogP contribution < -0.4 is 11.4 Å². The van der Waals surface area contributed by atoms with Gasteiger partial charge < -0.3 is 4.42 Å². The molecule has 0 radical (unpaired) electrons. The Balaban J connectivity index is 1.87. The number of hydrogen-bond acceptors (Lipinski definition) is 5. The Morgan fingerprint density at radius 3 is 2.64 bits per heavy atom. The fourth-order valence-corrected chi connectivity index (χ4v) is 2.84. The SMILES string of the molecule is Cc1ccc2c(Cn3c(-c4ccccc4)noc3=O)cc(=O)oc2c1. The van der Waals surface area contributed by atoms with Gasteiger partial charge in [-0.25, -0.2) is 9.59 Å². The average molecular weight is 334 g/mol. The Labute approximate surface area is 141 Å². The molecule has 4 aromatic rings. The van der Waals surface area contributed by atoms with Crippen molar-refractivity contribution in [2.45, 2.75) is 13.5 Å². The first-order valence-electron chi connectivity index (χ1n) is 7.77. The van der Waals surface area contributed by atoms with Crippen LogP contribution in [0.3, 0.4) is 0 Å². The molecule has 0 bridgehead atoms. The number of fused-ring (bicyclic) bond motifs is 1. The van der Waals surface area contributed by atoms with Crippen molar-refractivity contribution in [2.24, 2.45) is 0 Å². The van der Waals surface area contributed by atoms with Crippen LogP contribution in [0, 0.1) is 6.92 Å². The number of aryl methyl sites for hydroxylation is 1. The van der Waals surface area contributed by atoms with Gasteiger partial charge >= 0.3 is 11.4 Å². The number of nitrogens with zero attached hydrogens (tertiary/aromatic N) is 2. The molecular weight excluding hydrogens is 320 g/mol. The molecule has 0 saturated heterocycles. The van der Waals surface area contributed by atoms with Crippen LogP contribution in [0.25, 0.3) is 22.4 Å². The minimum atomic E-state index is -0.577. The van der Waals surface area contributed by atoms with Crippen LogP contribution in [-0.4, -0.2) is 9.72 Å². The van der Waals surface area contributed by atoms with E-state index in [1.54, 1.807) is 6.07 Å². The molecule has 0 saturated carbocycles. The van der Waals surface area contributed by atoms with Gasteiger partial charge in [-0.1, -0.05) is 47.6 Å². The normalized spacial score (nSPS) is 11.1. The third kappa shape index (κ3) is 2.78. The molecule has 2 aromatic heterocycles. The van der Waals surface area contributed by atoms with Gasteiger partial charge in [-0.2, -0.15) is 0 Å². The predicted molar refractivity (Wildman–Crippen MR) is 92.5 cm³/mol. The van der Waals surface area contributed by atoms with Gasteiger partial charge in [-0.05, 0) is 24.1 Å². The standard InChI is InChI=1S/C19H14N2O4/c1-12-7-8-15-14(10-17(22)24-16(15)9-12)11-21-18(20-25-19(21)23)13-5-3-2-4-6-13/h2-10H,11H2,1H3. The van der Waals surface area contributed by atoms with Gasteiger partial charge in [0.2, 0.25) is 0 Å². The average Bonchev–Trinajstić information content (AvgIpc) is 2.96. The third-order valence-electron chi connectivity index (χ3n) is 4.03. The molecule has 0 aliphatic carbocycles. The molecule has 0 aliphatic heterocycles. The van der Waals surface area contributed by atoms with Crippen molar-refractivity contribution in [2.75, 3.05) is 0 Å². The van der Waals surface area contributed by atoms with E-state index in [2.05, 4.69) is 5.16 Å². The van der Waals surface area contributed by atoms with Gasteiger partial charge in [0.05, 0.1) is 6.54 Å². The second kappa shape index (κ2) is 5.90. The highest BCUT2D eigenvalue weighted by atomic mass is 16.5. The first-order valence-corrected chi connectivity index (χ1v) is 7.77. The summed E-state index contributed by atoms with van der Waals surface area (Å²) in [6.07, 6.45) is 0. The first kappa shape index (κ1) is 15.1. The maximum Gasteiger partial charge on any atom is 0.442 e. The van der Waals surface area contributed by atoms with Crippen LogP contribution >= 0.6 is 0 Å². The maximum absolute atomic E-state index is 12.1. The minimum Gasteiger partial charge on any atom is -0.423 e. The van der Waals surface area contributed by atoms with Gasteiger partial charge in [0.25, 0.3) is 0 Å². The largest absolute Gasteiger partial charge is 0.442 e. The number of rotatable bonds is 3. The zero-order valence-corrected chi connectivity index (χ0v) is 13.4. The summed E-state index contributed by atoms with van der Waals surface area (Å²) in [6, 6.07) is 16.3. The number of hydrogen-bond donors (Lipinski definition) is 0. The zero-order valence-electron chi connectivity index (χ0n) is 13.4. The van der Waals surface area contributed by atoms with Crippen molar-refractivity contribution in [3.63, 3.8) is 0 Å². The van der Waals surface area contributed by atoms with Crippen LogP contribution in [0.15, 0.2) is 73.1 Å². The molecule has 25 heavy (non-hydrogen) atoms. The van der Waals surface area contributed by atoms with E-state index in [1.807, 2.05) is 49.4 Å². The molecule has 0 N–H and O–H groups in total. The molecule has 0 atom stereocenters. The maximum atomic E-state index is 12.1. The molecule has 0 aliphatic rings. The summed E-state index contributed by atoms with van der Waals surface area (Å²) in [5.41, 5.74) is 2.46. The van der Waals surface area contributed by atoms with Crippen LogP contribution in [0.2, 0.25) is 0 Å². The Morgan fingerprint density at radius 2 is 1.84 bits per heavy atom. The Morgan fingerprint density at radius 1 is 1.04 bits per heavy atom. The van der Waals surface area contributed by atoms with Crippen molar-refractivity contribution in [3.8, 4) is 11.4 Å². The van der Waals surface area contributed by atoms with Crippen LogP contribution in [0.4, 0.5) is 0 Å². The van der Waals surface area contributed by atoms with Gasteiger partial charge in [-0.3, -0.25) is 9.09 Å². The minimum absolute atomic E-state index is 0.164. The fourth-order valence-electron chi connectivity index (χ4n) is 2.84. The quantitative estimate of drug-likeness (QED) is 0.538. The number of aromatic nitrogens is 2. The second-order valence-electron chi connectivity index (χ2n) is 5.81.